The average Bonchev–Trinajstić information content (AvgIpc) is 3.21. The summed E-state index contributed by atoms with van der Waals surface area (Å²) in [5.74, 6) is -1.72. The number of ether oxygens (including phenoxy) is 6. The van der Waals surface area contributed by atoms with Crippen molar-refractivity contribution in [2.45, 2.75) is 57.5 Å². The summed E-state index contributed by atoms with van der Waals surface area (Å²) in [7, 11) is 0. The summed E-state index contributed by atoms with van der Waals surface area (Å²) in [6.45, 7) is 3.97. The minimum absolute atomic E-state index is 0.0217. The number of hydrogen-bond donors (Lipinski definition) is 1. The van der Waals surface area contributed by atoms with Gasteiger partial charge in [-0.3, -0.25) is 9.59 Å². The molecule has 0 saturated carbocycles. The van der Waals surface area contributed by atoms with E-state index in [0.717, 1.165) is 32.1 Å². The van der Waals surface area contributed by atoms with Gasteiger partial charge < -0.3 is 38.6 Å². The number of nitrogens with one attached hydrogen (secondary N) is 1. The maximum absolute atomic E-state index is 11.9. The lowest BCUT2D eigenvalue weighted by Crippen LogP contribution is -2.32. The first kappa shape index (κ1) is 32.6. The Morgan fingerprint density at radius 1 is 0.744 bits per heavy atom. The Labute approximate surface area is 229 Å². The Morgan fingerprint density at radius 3 is 1.90 bits per heavy atom. The van der Waals surface area contributed by atoms with E-state index in [-0.39, 0.29) is 38.6 Å². The van der Waals surface area contributed by atoms with Gasteiger partial charge in [-0.2, -0.15) is 0 Å². The molecule has 39 heavy (non-hydrogen) atoms. The maximum Gasteiger partial charge on any atom is 0.407 e. The summed E-state index contributed by atoms with van der Waals surface area (Å²) in [6.07, 6.45) is 8.73. The highest BCUT2D eigenvalue weighted by Gasteiger charge is 2.32. The lowest BCUT2D eigenvalue weighted by Gasteiger charge is -2.18. The van der Waals surface area contributed by atoms with Crippen LogP contribution in [0.5, 0.6) is 0 Å². The minimum atomic E-state index is -0.700. The van der Waals surface area contributed by atoms with E-state index in [1.807, 2.05) is 0 Å². The molecule has 0 radical (unpaired) electrons. The second-order valence-electron chi connectivity index (χ2n) is 8.79. The topological polar surface area (TPSA) is 148 Å². The van der Waals surface area contributed by atoms with Crippen molar-refractivity contribution in [2.24, 2.45) is 0 Å². The van der Waals surface area contributed by atoms with E-state index in [4.69, 9.17) is 33.3 Å². The molecule has 0 aromatic carbocycles. The summed E-state index contributed by atoms with van der Waals surface area (Å²) >= 11 is 0. The Kier molecular flexibility index (Phi) is 17.8. The number of allylic oxidation sites excluding steroid dienone is 2. The Bertz CT molecular complexity index is 746. The number of hydrogen-bond acceptors (Lipinski definition) is 11. The number of amides is 3. The normalized spacial score (nSPS) is 17.6. The molecular weight excluding hydrogens is 516 g/mol. The summed E-state index contributed by atoms with van der Waals surface area (Å²) in [5, 5.41) is 3.23. The number of carbonyl (C=O) groups is 4. The molecule has 1 atom stereocenters. The molecule has 3 amide bonds. The number of nitrogens with zero attached hydrogens (tertiary/aromatic N) is 1. The molecule has 1 aliphatic heterocycles. The highest BCUT2D eigenvalue weighted by molar-refractivity contribution is 6.01. The van der Waals surface area contributed by atoms with Gasteiger partial charge in [-0.25, -0.2) is 9.59 Å². The highest BCUT2D eigenvalue weighted by atomic mass is 16.7. The lowest BCUT2D eigenvalue weighted by atomic mass is 10.0. The van der Waals surface area contributed by atoms with Gasteiger partial charge in [-0.05, 0) is 32.1 Å². The highest BCUT2D eigenvalue weighted by Crippen LogP contribution is 2.15. The minimum Gasteiger partial charge on any atom is -0.446 e. The number of hydroxylamine groups is 2. The van der Waals surface area contributed by atoms with Gasteiger partial charge in [0.25, 0.3) is 11.8 Å². The molecule has 1 saturated heterocycles. The van der Waals surface area contributed by atoms with Crippen LogP contribution in [0.3, 0.4) is 0 Å². The summed E-state index contributed by atoms with van der Waals surface area (Å²) in [6, 6.07) is 0. The molecule has 0 aromatic heterocycles. The fourth-order valence-electron chi connectivity index (χ4n) is 3.60. The van der Waals surface area contributed by atoms with E-state index in [2.05, 4.69) is 17.5 Å². The molecule has 13 nitrogen and oxygen atoms in total. The molecule has 1 N–H and O–H groups in total. The van der Waals surface area contributed by atoms with Crippen molar-refractivity contribution in [3.63, 3.8) is 0 Å². The van der Waals surface area contributed by atoms with Gasteiger partial charge in [0.2, 0.25) is 0 Å². The first-order chi connectivity index (χ1) is 19.1. The largest absolute Gasteiger partial charge is 0.446 e. The molecule has 1 fully saturated rings. The van der Waals surface area contributed by atoms with Crippen molar-refractivity contribution in [3.8, 4) is 0 Å². The average molecular weight is 559 g/mol. The van der Waals surface area contributed by atoms with Gasteiger partial charge >= 0.3 is 12.1 Å². The smallest absolute Gasteiger partial charge is 0.407 e. The van der Waals surface area contributed by atoms with Gasteiger partial charge in [0.15, 0.2) is 0 Å². The molecular formula is C26H42N2O11. The third kappa shape index (κ3) is 16.2. The molecule has 0 aromatic rings. The van der Waals surface area contributed by atoms with E-state index >= 15 is 0 Å². The van der Waals surface area contributed by atoms with E-state index in [1.165, 1.54) is 0 Å². The van der Waals surface area contributed by atoms with Crippen molar-refractivity contribution < 1.29 is 52.4 Å². The van der Waals surface area contributed by atoms with Crippen LogP contribution in [0.1, 0.15) is 51.4 Å². The van der Waals surface area contributed by atoms with Gasteiger partial charge in [0, 0.05) is 19.4 Å². The predicted octanol–water partition coefficient (Wildman–Crippen LogP) is 1.68. The molecule has 0 spiro atoms. The van der Waals surface area contributed by atoms with Gasteiger partial charge in [-0.1, -0.05) is 12.2 Å². The first-order valence-corrected chi connectivity index (χ1v) is 13.6. The third-order valence-electron chi connectivity index (χ3n) is 5.65. The van der Waals surface area contributed by atoms with Crippen LogP contribution in [-0.2, 0) is 47.6 Å². The van der Waals surface area contributed by atoms with Crippen molar-refractivity contribution in [1.82, 2.24) is 10.4 Å². The quantitative estimate of drug-likeness (QED) is 0.132. The first-order valence-electron chi connectivity index (χ1n) is 13.6. The Balaban J connectivity index is 1.25. The molecule has 0 bridgehead atoms. The summed E-state index contributed by atoms with van der Waals surface area (Å²) in [5.41, 5.74) is 0. The molecule has 1 unspecified atom stereocenters. The van der Waals surface area contributed by atoms with Crippen LogP contribution in [0, 0.1) is 0 Å². The van der Waals surface area contributed by atoms with Crippen LogP contribution in [-0.4, -0.2) is 108 Å². The Morgan fingerprint density at radius 2 is 1.28 bits per heavy atom. The number of carbonyl (C=O) groups excluding carboxylic acids is 4. The Hall–Kier alpha value is -2.58. The van der Waals surface area contributed by atoms with Crippen molar-refractivity contribution in [3.05, 3.63) is 12.2 Å². The van der Waals surface area contributed by atoms with Crippen molar-refractivity contribution in [1.29, 1.82) is 0 Å². The molecule has 2 rings (SSSR count). The molecule has 1 heterocycles. The lowest BCUT2D eigenvalue weighted by molar-refractivity contribution is -0.198. The van der Waals surface area contributed by atoms with E-state index in [9.17, 15) is 19.2 Å². The van der Waals surface area contributed by atoms with Gasteiger partial charge in [-0.15, -0.1) is 5.06 Å². The molecule has 13 heteroatoms. The fraction of sp³-hybridized carbons (Fsp3) is 0.769. The zero-order valence-corrected chi connectivity index (χ0v) is 22.6. The fourth-order valence-corrected chi connectivity index (χ4v) is 3.60. The standard InChI is InChI=1S/C26H42N2O11/c29-23-8-9-24(30)28(23)39-25(31)10-12-33-14-16-35-18-20-37-21-19-36-17-15-34-13-11-27-26(32)38-22-6-4-2-1-3-5-7-22/h1-2,22H,3-21H2,(H,27,32). The second kappa shape index (κ2) is 21.3. The molecule has 1 aliphatic carbocycles. The van der Waals surface area contributed by atoms with Crippen molar-refractivity contribution in [2.75, 3.05) is 72.6 Å². The SMILES string of the molecule is O=C(CCOCCOCCOCCOCCOCCNC(=O)OC1CCC=CCCC1)ON1C(=O)CCC1=O. The van der Waals surface area contributed by atoms with Gasteiger partial charge in [0.1, 0.15) is 6.10 Å². The van der Waals surface area contributed by atoms with E-state index in [1.54, 1.807) is 0 Å². The van der Waals surface area contributed by atoms with Crippen LogP contribution in [0.25, 0.3) is 0 Å². The number of alkyl carbamates (subject to hydrolysis) is 1. The maximum atomic E-state index is 11.9. The van der Waals surface area contributed by atoms with Crippen LogP contribution in [0.2, 0.25) is 0 Å². The van der Waals surface area contributed by atoms with Gasteiger partial charge in [0.05, 0.1) is 72.5 Å². The summed E-state index contributed by atoms with van der Waals surface area (Å²) in [4.78, 5) is 50.9. The second-order valence-corrected chi connectivity index (χ2v) is 8.79. The number of imide groups is 1. The van der Waals surface area contributed by atoms with E-state index < -0.39 is 23.9 Å². The number of rotatable bonds is 20. The third-order valence-corrected chi connectivity index (χ3v) is 5.65. The zero-order chi connectivity index (χ0) is 28.0. The monoisotopic (exact) mass is 558 g/mol. The van der Waals surface area contributed by atoms with E-state index in [0.29, 0.717) is 64.5 Å². The van der Waals surface area contributed by atoms with Crippen LogP contribution >= 0.6 is 0 Å². The predicted molar refractivity (Wildman–Crippen MR) is 136 cm³/mol. The zero-order valence-electron chi connectivity index (χ0n) is 22.6. The molecule has 2 aliphatic rings. The van der Waals surface area contributed by atoms with Crippen LogP contribution in [0.4, 0.5) is 4.79 Å². The molecule has 222 valence electrons. The summed E-state index contributed by atoms with van der Waals surface area (Å²) < 4.78 is 32.3. The van der Waals surface area contributed by atoms with Crippen LogP contribution in [0.15, 0.2) is 12.2 Å². The van der Waals surface area contributed by atoms with Crippen molar-refractivity contribution >= 4 is 23.9 Å². The van der Waals surface area contributed by atoms with Crippen LogP contribution < -0.4 is 5.32 Å².